The van der Waals surface area contributed by atoms with Crippen molar-refractivity contribution in [2.75, 3.05) is 0 Å². The van der Waals surface area contributed by atoms with Crippen molar-refractivity contribution in [3.8, 4) is 0 Å². The number of hydrogen-bond donors (Lipinski definition) is 1. The molecule has 0 radical (unpaired) electrons. The normalized spacial score (nSPS) is 13.6. The zero-order chi connectivity index (χ0) is 10.8. The number of nitrogens with two attached hydrogens (primary N) is 1. The summed E-state index contributed by atoms with van der Waals surface area (Å²) in [5, 5.41) is 0. The number of allylic oxidation sites excluding steroid dienone is 1. The lowest BCUT2D eigenvalue weighted by Gasteiger charge is -2.32. The molecule has 0 bridgehead atoms. The van der Waals surface area contributed by atoms with Gasteiger partial charge in [-0.2, -0.15) is 0 Å². The summed E-state index contributed by atoms with van der Waals surface area (Å²) >= 11 is 0. The van der Waals surface area contributed by atoms with E-state index >= 15 is 0 Å². The Morgan fingerprint density at radius 2 is 1.79 bits per heavy atom. The molecule has 0 amide bonds. The number of hydrogen-bond acceptors (Lipinski definition) is 1. The van der Waals surface area contributed by atoms with Crippen molar-refractivity contribution in [1.82, 2.24) is 0 Å². The van der Waals surface area contributed by atoms with Crippen LogP contribution >= 0.6 is 0 Å². The first-order valence-electron chi connectivity index (χ1n) is 4.96. The van der Waals surface area contributed by atoms with Crippen molar-refractivity contribution < 1.29 is 0 Å². The van der Waals surface area contributed by atoms with Crippen LogP contribution in [-0.2, 0) is 5.41 Å². The van der Waals surface area contributed by atoms with Crippen LogP contribution in [0.4, 0.5) is 0 Å². The minimum absolute atomic E-state index is 0.0487. The first-order chi connectivity index (χ1) is 6.46. The van der Waals surface area contributed by atoms with Gasteiger partial charge in [-0.05, 0) is 11.0 Å². The van der Waals surface area contributed by atoms with Gasteiger partial charge in [-0.15, -0.1) is 0 Å². The monoisotopic (exact) mass is 189 g/mol. The van der Waals surface area contributed by atoms with Crippen LogP contribution in [0.3, 0.4) is 0 Å². The van der Waals surface area contributed by atoms with E-state index in [1.807, 2.05) is 6.07 Å². The molecule has 1 aromatic rings. The third kappa shape index (κ3) is 1.98. The van der Waals surface area contributed by atoms with E-state index in [1.54, 1.807) is 0 Å². The lowest BCUT2D eigenvalue weighted by atomic mass is 9.73. The fourth-order valence-electron chi connectivity index (χ4n) is 1.58. The summed E-state index contributed by atoms with van der Waals surface area (Å²) < 4.78 is 0. The SMILES string of the molecule is C=C(N)C(C)C(C)(C)c1ccccc1. The molecule has 14 heavy (non-hydrogen) atoms. The average molecular weight is 189 g/mol. The van der Waals surface area contributed by atoms with Crippen molar-refractivity contribution in [3.63, 3.8) is 0 Å². The fourth-order valence-corrected chi connectivity index (χ4v) is 1.58. The van der Waals surface area contributed by atoms with Gasteiger partial charge in [0.15, 0.2) is 0 Å². The molecule has 0 fully saturated rings. The molecule has 1 nitrogen and oxygen atoms in total. The van der Waals surface area contributed by atoms with E-state index < -0.39 is 0 Å². The molecule has 76 valence electrons. The highest BCUT2D eigenvalue weighted by Gasteiger charge is 2.28. The fraction of sp³-hybridized carbons (Fsp3) is 0.385. The van der Waals surface area contributed by atoms with Crippen LogP contribution in [0.5, 0.6) is 0 Å². The predicted octanol–water partition coefficient (Wildman–Crippen LogP) is 3.07. The molecule has 0 saturated carbocycles. The highest BCUT2D eigenvalue weighted by atomic mass is 14.6. The molecule has 0 aromatic heterocycles. The Morgan fingerprint density at radius 1 is 1.29 bits per heavy atom. The van der Waals surface area contributed by atoms with Gasteiger partial charge in [-0.25, -0.2) is 0 Å². The third-order valence-corrected chi connectivity index (χ3v) is 3.16. The van der Waals surface area contributed by atoms with Crippen LogP contribution in [-0.4, -0.2) is 0 Å². The highest BCUT2D eigenvalue weighted by molar-refractivity contribution is 5.26. The van der Waals surface area contributed by atoms with Gasteiger partial charge < -0.3 is 5.73 Å². The van der Waals surface area contributed by atoms with Gasteiger partial charge in [0.25, 0.3) is 0 Å². The van der Waals surface area contributed by atoms with Crippen LogP contribution in [0.2, 0.25) is 0 Å². The molecule has 0 aliphatic carbocycles. The summed E-state index contributed by atoms with van der Waals surface area (Å²) in [6.07, 6.45) is 0. The molecular weight excluding hydrogens is 170 g/mol. The minimum Gasteiger partial charge on any atom is -0.402 e. The Kier molecular flexibility index (Phi) is 3.00. The second-order valence-electron chi connectivity index (χ2n) is 4.38. The molecule has 0 saturated heterocycles. The van der Waals surface area contributed by atoms with Gasteiger partial charge in [0, 0.05) is 11.6 Å². The minimum atomic E-state index is 0.0487. The molecule has 0 aliphatic rings. The van der Waals surface area contributed by atoms with Gasteiger partial charge in [-0.1, -0.05) is 57.7 Å². The standard InChI is InChI=1S/C13H19N/c1-10(11(2)14)13(3,4)12-8-6-5-7-9-12/h5-10H,2,14H2,1,3-4H3. The zero-order valence-electron chi connectivity index (χ0n) is 9.25. The Morgan fingerprint density at radius 3 is 2.21 bits per heavy atom. The summed E-state index contributed by atoms with van der Waals surface area (Å²) in [6, 6.07) is 10.4. The Bertz CT molecular complexity index is 311. The van der Waals surface area contributed by atoms with E-state index in [4.69, 9.17) is 5.73 Å². The second kappa shape index (κ2) is 3.87. The van der Waals surface area contributed by atoms with Gasteiger partial charge in [0.2, 0.25) is 0 Å². The Balaban J connectivity index is 3.02. The summed E-state index contributed by atoms with van der Waals surface area (Å²) in [6.45, 7) is 10.3. The van der Waals surface area contributed by atoms with E-state index in [9.17, 15) is 0 Å². The molecule has 0 heterocycles. The van der Waals surface area contributed by atoms with Gasteiger partial charge >= 0.3 is 0 Å². The topological polar surface area (TPSA) is 26.0 Å². The largest absolute Gasteiger partial charge is 0.402 e. The predicted molar refractivity (Wildman–Crippen MR) is 62.0 cm³/mol. The van der Waals surface area contributed by atoms with E-state index in [0.29, 0.717) is 0 Å². The summed E-state index contributed by atoms with van der Waals surface area (Å²) in [7, 11) is 0. The van der Waals surface area contributed by atoms with Crippen molar-refractivity contribution in [3.05, 3.63) is 48.2 Å². The molecule has 1 heteroatoms. The molecule has 1 aromatic carbocycles. The average Bonchev–Trinajstić information content (AvgIpc) is 2.18. The summed E-state index contributed by atoms with van der Waals surface area (Å²) in [4.78, 5) is 0. The van der Waals surface area contributed by atoms with Crippen molar-refractivity contribution in [2.45, 2.75) is 26.2 Å². The maximum absolute atomic E-state index is 5.76. The maximum Gasteiger partial charge on any atom is 0.00449 e. The van der Waals surface area contributed by atoms with Crippen molar-refractivity contribution in [2.24, 2.45) is 11.7 Å². The number of benzene rings is 1. The first-order valence-corrected chi connectivity index (χ1v) is 4.96. The molecule has 2 N–H and O–H groups in total. The van der Waals surface area contributed by atoms with E-state index in [-0.39, 0.29) is 11.3 Å². The molecule has 0 aliphatic heterocycles. The van der Waals surface area contributed by atoms with Crippen LogP contribution in [0, 0.1) is 5.92 Å². The van der Waals surface area contributed by atoms with Crippen molar-refractivity contribution in [1.29, 1.82) is 0 Å². The van der Waals surface area contributed by atoms with E-state index in [2.05, 4.69) is 51.6 Å². The molecule has 1 rings (SSSR count). The second-order valence-corrected chi connectivity index (χ2v) is 4.38. The Labute approximate surface area is 86.6 Å². The third-order valence-electron chi connectivity index (χ3n) is 3.16. The molecular formula is C13H19N. The van der Waals surface area contributed by atoms with E-state index in [0.717, 1.165) is 5.70 Å². The quantitative estimate of drug-likeness (QED) is 0.777. The summed E-state index contributed by atoms with van der Waals surface area (Å²) in [5.74, 6) is 0.282. The highest BCUT2D eigenvalue weighted by Crippen LogP contribution is 2.33. The summed E-state index contributed by atoms with van der Waals surface area (Å²) in [5.41, 5.74) is 7.87. The van der Waals surface area contributed by atoms with Gasteiger partial charge in [-0.3, -0.25) is 0 Å². The van der Waals surface area contributed by atoms with E-state index in [1.165, 1.54) is 5.56 Å². The maximum atomic E-state index is 5.76. The van der Waals surface area contributed by atoms with Crippen LogP contribution < -0.4 is 5.73 Å². The Hall–Kier alpha value is -1.24. The van der Waals surface area contributed by atoms with Gasteiger partial charge in [0.1, 0.15) is 0 Å². The van der Waals surface area contributed by atoms with Crippen molar-refractivity contribution >= 4 is 0 Å². The smallest absolute Gasteiger partial charge is 0.00449 e. The zero-order valence-corrected chi connectivity index (χ0v) is 9.25. The molecule has 1 unspecified atom stereocenters. The lowest BCUT2D eigenvalue weighted by molar-refractivity contribution is 0.389. The van der Waals surface area contributed by atoms with Gasteiger partial charge in [0.05, 0.1) is 0 Å². The number of rotatable bonds is 3. The van der Waals surface area contributed by atoms with Crippen LogP contribution in [0.25, 0.3) is 0 Å². The van der Waals surface area contributed by atoms with Crippen LogP contribution in [0.1, 0.15) is 26.3 Å². The first kappa shape index (κ1) is 10.8. The molecule has 0 spiro atoms. The lowest BCUT2D eigenvalue weighted by Crippen LogP contribution is -2.30. The van der Waals surface area contributed by atoms with Crippen LogP contribution in [0.15, 0.2) is 42.6 Å². The molecule has 1 atom stereocenters.